The van der Waals surface area contributed by atoms with Crippen LogP contribution in [0.2, 0.25) is 5.02 Å². The van der Waals surface area contributed by atoms with Crippen molar-refractivity contribution in [3.8, 4) is 11.5 Å². The fourth-order valence-corrected chi connectivity index (χ4v) is 3.45. The van der Waals surface area contributed by atoms with Crippen LogP contribution in [0.1, 0.15) is 50.6 Å². The summed E-state index contributed by atoms with van der Waals surface area (Å²) in [5.74, 6) is -0.684. The molecule has 0 radical (unpaired) electrons. The van der Waals surface area contributed by atoms with Gasteiger partial charge in [-0.25, -0.2) is 9.78 Å². The van der Waals surface area contributed by atoms with Gasteiger partial charge in [-0.3, -0.25) is 4.79 Å². The molecule has 0 aliphatic carbocycles. The lowest BCUT2D eigenvalue weighted by Gasteiger charge is -2.15. The number of hydrogen-bond acceptors (Lipinski definition) is 6. The Morgan fingerprint density at radius 1 is 1.42 bits per heavy atom. The number of thiazole rings is 1. The van der Waals surface area contributed by atoms with Gasteiger partial charge in [0.05, 0.1) is 30.5 Å². The second-order valence-corrected chi connectivity index (χ2v) is 6.83. The number of halogens is 1. The van der Waals surface area contributed by atoms with Crippen molar-refractivity contribution in [1.82, 2.24) is 10.3 Å². The van der Waals surface area contributed by atoms with Crippen LogP contribution in [0.15, 0.2) is 12.1 Å². The summed E-state index contributed by atoms with van der Waals surface area (Å²) in [5.41, 5.74) is 0.721. The van der Waals surface area contributed by atoms with Crippen LogP contribution in [-0.4, -0.2) is 35.7 Å². The van der Waals surface area contributed by atoms with Crippen LogP contribution in [0.4, 0.5) is 0 Å². The Kier molecular flexibility index (Phi) is 6.44. The average Bonchev–Trinajstić information content (AvgIpc) is 2.98. The highest BCUT2D eigenvalue weighted by Gasteiger charge is 2.21. The van der Waals surface area contributed by atoms with Gasteiger partial charge in [0.25, 0.3) is 5.91 Å². The standard InChI is InChI=1S/C17H19ClN2O5S/c1-5-25-13-11(18)6-10(7-12(13)24-4)15(21)19-9(3)16-20-8(2)14(26-16)17(22)23/h6-7,9H,5H2,1-4H3,(H,19,21)(H,22,23). The van der Waals surface area contributed by atoms with Crippen molar-refractivity contribution in [3.05, 3.63) is 38.3 Å². The maximum atomic E-state index is 12.5. The second-order valence-electron chi connectivity index (χ2n) is 5.39. The van der Waals surface area contributed by atoms with E-state index in [1.165, 1.54) is 19.2 Å². The maximum absolute atomic E-state index is 12.5. The highest BCUT2D eigenvalue weighted by atomic mass is 35.5. The Labute approximate surface area is 159 Å². The summed E-state index contributed by atoms with van der Waals surface area (Å²) in [6.07, 6.45) is 0. The summed E-state index contributed by atoms with van der Waals surface area (Å²) in [5, 5.41) is 12.7. The number of amides is 1. The maximum Gasteiger partial charge on any atom is 0.347 e. The number of methoxy groups -OCH3 is 1. The molecule has 2 aromatic rings. The summed E-state index contributed by atoms with van der Waals surface area (Å²) in [6.45, 7) is 5.58. The number of aromatic carboxylic acids is 1. The van der Waals surface area contributed by atoms with Crippen LogP contribution < -0.4 is 14.8 Å². The van der Waals surface area contributed by atoms with Crippen molar-refractivity contribution in [1.29, 1.82) is 0 Å². The molecule has 1 amide bonds. The van der Waals surface area contributed by atoms with Crippen molar-refractivity contribution < 1.29 is 24.2 Å². The minimum absolute atomic E-state index is 0.159. The normalized spacial score (nSPS) is 11.7. The van der Waals surface area contributed by atoms with Gasteiger partial charge in [0, 0.05) is 5.56 Å². The zero-order chi connectivity index (χ0) is 19.4. The molecule has 2 N–H and O–H groups in total. The number of nitrogens with one attached hydrogen (secondary N) is 1. The molecule has 1 heterocycles. The average molecular weight is 399 g/mol. The monoisotopic (exact) mass is 398 g/mol. The lowest BCUT2D eigenvalue weighted by molar-refractivity contribution is 0.0701. The topological polar surface area (TPSA) is 97.8 Å². The third kappa shape index (κ3) is 4.25. The van der Waals surface area contributed by atoms with E-state index in [1.807, 2.05) is 6.92 Å². The first-order chi connectivity index (χ1) is 12.3. The minimum atomic E-state index is -1.03. The van der Waals surface area contributed by atoms with Crippen LogP contribution in [0.3, 0.4) is 0 Å². The number of carboxylic acid groups (broad SMARTS) is 1. The molecule has 7 nitrogen and oxygen atoms in total. The Balaban J connectivity index is 2.22. The lowest BCUT2D eigenvalue weighted by Crippen LogP contribution is -2.26. The number of rotatable bonds is 7. The summed E-state index contributed by atoms with van der Waals surface area (Å²) < 4.78 is 10.7. The third-order valence-corrected chi connectivity index (χ3v) is 5.11. The summed E-state index contributed by atoms with van der Waals surface area (Å²) >= 11 is 7.22. The number of carbonyl (C=O) groups is 2. The number of carbonyl (C=O) groups excluding carboxylic acids is 1. The van der Waals surface area contributed by atoms with Crippen molar-refractivity contribution >= 4 is 34.8 Å². The van der Waals surface area contributed by atoms with E-state index in [0.717, 1.165) is 11.3 Å². The SMILES string of the molecule is CCOc1c(Cl)cc(C(=O)NC(C)c2nc(C)c(C(=O)O)s2)cc1OC. The van der Waals surface area contributed by atoms with Crippen molar-refractivity contribution in [2.24, 2.45) is 0 Å². The van der Waals surface area contributed by atoms with Crippen molar-refractivity contribution in [2.45, 2.75) is 26.8 Å². The van der Waals surface area contributed by atoms with Crippen molar-refractivity contribution in [3.63, 3.8) is 0 Å². The van der Waals surface area contributed by atoms with Gasteiger partial charge >= 0.3 is 5.97 Å². The summed E-state index contributed by atoms with van der Waals surface area (Å²) in [6, 6.07) is 2.57. The molecule has 2 rings (SSSR count). The molecule has 140 valence electrons. The molecule has 9 heteroatoms. The predicted molar refractivity (Wildman–Crippen MR) is 98.9 cm³/mol. The number of hydrogen-bond donors (Lipinski definition) is 2. The Bertz CT molecular complexity index is 837. The molecule has 1 aromatic heterocycles. The number of carboxylic acids is 1. The van der Waals surface area contributed by atoms with Gasteiger partial charge in [0.15, 0.2) is 11.5 Å². The number of aryl methyl sites for hydroxylation is 1. The van der Waals surface area contributed by atoms with Gasteiger partial charge in [0.1, 0.15) is 9.88 Å². The first-order valence-electron chi connectivity index (χ1n) is 7.80. The first kappa shape index (κ1) is 20.0. The van der Waals surface area contributed by atoms with E-state index >= 15 is 0 Å². The number of aromatic nitrogens is 1. The minimum Gasteiger partial charge on any atom is -0.493 e. The molecule has 0 aliphatic heterocycles. The van der Waals surface area contributed by atoms with Crippen LogP contribution in [0, 0.1) is 6.92 Å². The zero-order valence-corrected chi connectivity index (χ0v) is 16.3. The fraction of sp³-hybridized carbons (Fsp3) is 0.353. The molecule has 0 saturated carbocycles. The van der Waals surface area contributed by atoms with E-state index in [0.29, 0.717) is 34.4 Å². The number of ether oxygens (including phenoxy) is 2. The number of benzene rings is 1. The van der Waals surface area contributed by atoms with E-state index < -0.39 is 12.0 Å². The van der Waals surface area contributed by atoms with Gasteiger partial charge in [-0.2, -0.15) is 0 Å². The molecule has 26 heavy (non-hydrogen) atoms. The van der Waals surface area contributed by atoms with E-state index in [2.05, 4.69) is 10.3 Å². The van der Waals surface area contributed by atoms with Gasteiger partial charge in [0.2, 0.25) is 0 Å². The van der Waals surface area contributed by atoms with Gasteiger partial charge in [-0.15, -0.1) is 11.3 Å². The first-order valence-corrected chi connectivity index (χ1v) is 8.99. The quantitative estimate of drug-likeness (QED) is 0.737. The van der Waals surface area contributed by atoms with E-state index in [9.17, 15) is 9.59 Å². The molecule has 1 atom stereocenters. The van der Waals surface area contributed by atoms with Crippen LogP contribution >= 0.6 is 22.9 Å². The van der Waals surface area contributed by atoms with Crippen LogP contribution in [0.5, 0.6) is 11.5 Å². The Morgan fingerprint density at radius 3 is 2.65 bits per heavy atom. The zero-order valence-electron chi connectivity index (χ0n) is 14.8. The van der Waals surface area contributed by atoms with E-state index in [1.54, 1.807) is 13.8 Å². The van der Waals surface area contributed by atoms with Gasteiger partial charge in [-0.05, 0) is 32.9 Å². The van der Waals surface area contributed by atoms with E-state index in [4.69, 9.17) is 26.2 Å². The van der Waals surface area contributed by atoms with Gasteiger partial charge < -0.3 is 19.9 Å². The van der Waals surface area contributed by atoms with Crippen LogP contribution in [0.25, 0.3) is 0 Å². The molecule has 0 bridgehead atoms. The van der Waals surface area contributed by atoms with Crippen molar-refractivity contribution in [2.75, 3.05) is 13.7 Å². The number of nitrogens with zero attached hydrogens (tertiary/aromatic N) is 1. The highest BCUT2D eigenvalue weighted by molar-refractivity contribution is 7.13. The Hall–Kier alpha value is -2.32. The largest absolute Gasteiger partial charge is 0.493 e. The molecule has 0 spiro atoms. The molecule has 1 unspecified atom stereocenters. The molecule has 0 saturated heterocycles. The third-order valence-electron chi connectivity index (χ3n) is 3.51. The fourth-order valence-electron chi connectivity index (χ4n) is 2.28. The Morgan fingerprint density at radius 2 is 2.12 bits per heavy atom. The molecular formula is C17H19ClN2O5S. The van der Waals surface area contributed by atoms with E-state index in [-0.39, 0.29) is 15.8 Å². The molecule has 0 fully saturated rings. The second kappa shape index (κ2) is 8.37. The molecular weight excluding hydrogens is 380 g/mol. The summed E-state index contributed by atoms with van der Waals surface area (Å²) in [7, 11) is 1.46. The van der Waals surface area contributed by atoms with Crippen LogP contribution in [-0.2, 0) is 0 Å². The predicted octanol–water partition coefficient (Wildman–Crippen LogP) is 3.70. The van der Waals surface area contributed by atoms with Gasteiger partial charge in [-0.1, -0.05) is 11.6 Å². The smallest absolute Gasteiger partial charge is 0.347 e. The lowest BCUT2D eigenvalue weighted by atomic mass is 10.1. The molecule has 1 aromatic carbocycles. The molecule has 0 aliphatic rings. The summed E-state index contributed by atoms with van der Waals surface area (Å²) in [4.78, 5) is 28.1. The highest BCUT2D eigenvalue weighted by Crippen LogP contribution is 2.36.